The summed E-state index contributed by atoms with van der Waals surface area (Å²) in [7, 11) is 0. The smallest absolute Gasteiger partial charge is 0.220 e. The third-order valence-electron chi connectivity index (χ3n) is 4.43. The number of nitrogens with zero attached hydrogens (tertiary/aromatic N) is 1. The lowest BCUT2D eigenvalue weighted by molar-refractivity contribution is -0.121. The highest BCUT2D eigenvalue weighted by atomic mass is 16.5. The van der Waals surface area contributed by atoms with Crippen LogP contribution in [0.2, 0.25) is 0 Å². The Morgan fingerprint density at radius 2 is 2.22 bits per heavy atom. The standard InChI is InChI=1S/C18H23N3O2/c1-12-16(13(2)21-20-12)7-8-18(22)19-10-14-9-15-5-3-4-6-17(15)23-11-14/h3-6,14H,7-11H2,1-2H3,(H,19,22)(H,20,21)/t14-/m0/s1. The van der Waals surface area contributed by atoms with Gasteiger partial charge >= 0.3 is 0 Å². The average molecular weight is 313 g/mol. The lowest BCUT2D eigenvalue weighted by Gasteiger charge is -2.25. The molecule has 0 radical (unpaired) electrons. The average Bonchev–Trinajstić information content (AvgIpc) is 2.89. The van der Waals surface area contributed by atoms with Crippen molar-refractivity contribution in [1.29, 1.82) is 0 Å². The number of aromatic nitrogens is 2. The fourth-order valence-electron chi connectivity index (χ4n) is 3.05. The van der Waals surface area contributed by atoms with Gasteiger partial charge < -0.3 is 10.1 Å². The fraction of sp³-hybridized carbons (Fsp3) is 0.444. The molecule has 0 saturated heterocycles. The maximum absolute atomic E-state index is 12.1. The van der Waals surface area contributed by atoms with E-state index in [-0.39, 0.29) is 5.91 Å². The molecule has 1 atom stereocenters. The first kappa shape index (κ1) is 15.6. The molecule has 0 unspecified atom stereocenters. The van der Waals surface area contributed by atoms with E-state index < -0.39 is 0 Å². The van der Waals surface area contributed by atoms with Crippen molar-refractivity contribution in [2.24, 2.45) is 5.92 Å². The van der Waals surface area contributed by atoms with E-state index in [0.29, 0.717) is 25.5 Å². The highest BCUT2D eigenvalue weighted by Crippen LogP contribution is 2.26. The Labute approximate surface area is 136 Å². The molecule has 1 aliphatic heterocycles. The second-order valence-corrected chi connectivity index (χ2v) is 6.21. The van der Waals surface area contributed by atoms with Gasteiger partial charge in [0, 0.05) is 24.6 Å². The van der Waals surface area contributed by atoms with Gasteiger partial charge in [0.2, 0.25) is 5.91 Å². The molecule has 0 aliphatic carbocycles. The summed E-state index contributed by atoms with van der Waals surface area (Å²) in [6, 6.07) is 8.10. The predicted octanol–water partition coefficient (Wildman–Crippen LogP) is 2.33. The zero-order valence-electron chi connectivity index (χ0n) is 13.7. The molecular formula is C18H23N3O2. The molecule has 0 spiro atoms. The maximum atomic E-state index is 12.1. The van der Waals surface area contributed by atoms with Gasteiger partial charge in [0.15, 0.2) is 0 Å². The molecule has 2 heterocycles. The van der Waals surface area contributed by atoms with E-state index in [2.05, 4.69) is 21.6 Å². The van der Waals surface area contributed by atoms with E-state index >= 15 is 0 Å². The van der Waals surface area contributed by atoms with E-state index in [0.717, 1.165) is 35.5 Å². The molecule has 0 fully saturated rings. The summed E-state index contributed by atoms with van der Waals surface area (Å²) in [5.41, 5.74) is 4.40. The number of carbonyl (C=O) groups is 1. The number of rotatable bonds is 5. The van der Waals surface area contributed by atoms with Crippen LogP contribution in [0.15, 0.2) is 24.3 Å². The van der Waals surface area contributed by atoms with Gasteiger partial charge in [-0.05, 0) is 43.9 Å². The Bertz CT molecular complexity index is 674. The predicted molar refractivity (Wildman–Crippen MR) is 88.5 cm³/mol. The van der Waals surface area contributed by atoms with E-state index in [1.165, 1.54) is 5.56 Å². The van der Waals surface area contributed by atoms with Gasteiger partial charge in [-0.1, -0.05) is 18.2 Å². The molecule has 2 aromatic rings. The molecular weight excluding hydrogens is 290 g/mol. The number of aryl methyl sites for hydroxylation is 2. The quantitative estimate of drug-likeness (QED) is 0.890. The van der Waals surface area contributed by atoms with Gasteiger partial charge in [0.1, 0.15) is 5.75 Å². The summed E-state index contributed by atoms with van der Waals surface area (Å²) in [4.78, 5) is 12.1. The van der Waals surface area contributed by atoms with Gasteiger partial charge in [-0.3, -0.25) is 9.89 Å². The van der Waals surface area contributed by atoms with Gasteiger partial charge in [-0.15, -0.1) is 0 Å². The SMILES string of the molecule is Cc1n[nH]c(C)c1CCC(=O)NC[C@H]1COc2ccccc2C1. The molecule has 1 aromatic heterocycles. The minimum absolute atomic E-state index is 0.0869. The van der Waals surface area contributed by atoms with Gasteiger partial charge in [-0.25, -0.2) is 0 Å². The Balaban J connectivity index is 1.45. The molecule has 1 amide bonds. The molecule has 1 aliphatic rings. The maximum Gasteiger partial charge on any atom is 0.220 e. The topological polar surface area (TPSA) is 67.0 Å². The van der Waals surface area contributed by atoms with Crippen molar-refractivity contribution >= 4 is 5.91 Å². The van der Waals surface area contributed by atoms with Crippen molar-refractivity contribution in [3.05, 3.63) is 46.8 Å². The third-order valence-corrected chi connectivity index (χ3v) is 4.43. The van der Waals surface area contributed by atoms with Crippen LogP contribution in [0.5, 0.6) is 5.75 Å². The van der Waals surface area contributed by atoms with Crippen molar-refractivity contribution < 1.29 is 9.53 Å². The van der Waals surface area contributed by atoms with Gasteiger partial charge in [-0.2, -0.15) is 5.10 Å². The van der Waals surface area contributed by atoms with Crippen molar-refractivity contribution in [3.63, 3.8) is 0 Å². The number of carbonyl (C=O) groups excluding carboxylic acids is 1. The summed E-state index contributed by atoms with van der Waals surface area (Å²) in [5, 5.41) is 10.2. The number of aromatic amines is 1. The largest absolute Gasteiger partial charge is 0.493 e. The fourth-order valence-corrected chi connectivity index (χ4v) is 3.05. The Morgan fingerprint density at radius 3 is 3.00 bits per heavy atom. The molecule has 122 valence electrons. The first-order valence-corrected chi connectivity index (χ1v) is 8.11. The number of H-pyrrole nitrogens is 1. The highest BCUT2D eigenvalue weighted by Gasteiger charge is 2.20. The Hall–Kier alpha value is -2.30. The van der Waals surface area contributed by atoms with Crippen LogP contribution in [0.3, 0.4) is 0 Å². The number of para-hydroxylation sites is 1. The number of hydrogen-bond donors (Lipinski definition) is 2. The normalized spacial score (nSPS) is 16.5. The second kappa shape index (κ2) is 6.86. The number of amides is 1. The molecule has 5 heteroatoms. The third kappa shape index (κ3) is 3.73. The summed E-state index contributed by atoms with van der Waals surface area (Å²) < 4.78 is 5.75. The molecule has 0 bridgehead atoms. The first-order valence-electron chi connectivity index (χ1n) is 8.11. The first-order chi connectivity index (χ1) is 11.1. The number of hydrogen-bond acceptors (Lipinski definition) is 3. The minimum atomic E-state index is 0.0869. The van der Waals surface area contributed by atoms with Crippen LogP contribution in [-0.2, 0) is 17.6 Å². The number of nitrogens with one attached hydrogen (secondary N) is 2. The monoisotopic (exact) mass is 313 g/mol. The van der Waals surface area contributed by atoms with E-state index in [9.17, 15) is 4.79 Å². The van der Waals surface area contributed by atoms with Crippen LogP contribution < -0.4 is 10.1 Å². The van der Waals surface area contributed by atoms with Crippen LogP contribution in [0.25, 0.3) is 0 Å². The van der Waals surface area contributed by atoms with Gasteiger partial charge in [0.05, 0.1) is 12.3 Å². The summed E-state index contributed by atoms with van der Waals surface area (Å²) >= 11 is 0. The Kier molecular flexibility index (Phi) is 4.65. The van der Waals surface area contributed by atoms with Crippen molar-refractivity contribution in [3.8, 4) is 5.75 Å². The molecule has 3 rings (SSSR count). The van der Waals surface area contributed by atoms with E-state index in [1.54, 1.807) is 0 Å². The Morgan fingerprint density at radius 1 is 1.39 bits per heavy atom. The zero-order valence-corrected chi connectivity index (χ0v) is 13.7. The minimum Gasteiger partial charge on any atom is -0.493 e. The number of benzene rings is 1. The van der Waals surface area contributed by atoms with Crippen LogP contribution in [0.4, 0.5) is 0 Å². The molecule has 0 saturated carbocycles. The van der Waals surface area contributed by atoms with E-state index in [1.807, 2.05) is 32.0 Å². The van der Waals surface area contributed by atoms with E-state index in [4.69, 9.17) is 4.74 Å². The molecule has 2 N–H and O–H groups in total. The number of fused-ring (bicyclic) bond motifs is 1. The summed E-state index contributed by atoms with van der Waals surface area (Å²) in [5.74, 6) is 1.40. The zero-order chi connectivity index (χ0) is 16.2. The van der Waals surface area contributed by atoms with Crippen molar-refractivity contribution in [1.82, 2.24) is 15.5 Å². The van der Waals surface area contributed by atoms with Crippen LogP contribution in [0.1, 0.15) is 28.9 Å². The molecule has 1 aromatic carbocycles. The van der Waals surface area contributed by atoms with Crippen molar-refractivity contribution in [2.45, 2.75) is 33.1 Å². The highest BCUT2D eigenvalue weighted by molar-refractivity contribution is 5.76. The van der Waals surface area contributed by atoms with Gasteiger partial charge in [0.25, 0.3) is 0 Å². The molecule has 23 heavy (non-hydrogen) atoms. The van der Waals surface area contributed by atoms with Crippen LogP contribution in [-0.4, -0.2) is 29.3 Å². The van der Waals surface area contributed by atoms with Crippen molar-refractivity contribution in [2.75, 3.05) is 13.2 Å². The summed E-state index contributed by atoms with van der Waals surface area (Å²) in [6.07, 6.45) is 2.17. The summed E-state index contributed by atoms with van der Waals surface area (Å²) in [6.45, 7) is 5.28. The second-order valence-electron chi connectivity index (χ2n) is 6.21. The van der Waals surface area contributed by atoms with Crippen LogP contribution in [0, 0.1) is 19.8 Å². The molecule has 5 nitrogen and oxygen atoms in total. The lowest BCUT2D eigenvalue weighted by atomic mass is 9.96. The lowest BCUT2D eigenvalue weighted by Crippen LogP contribution is -2.34. The number of ether oxygens (including phenoxy) is 1. The van der Waals surface area contributed by atoms with Crippen LogP contribution >= 0.6 is 0 Å².